The Morgan fingerprint density at radius 2 is 2.00 bits per heavy atom. The molecule has 1 aromatic carbocycles. The van der Waals surface area contributed by atoms with Gasteiger partial charge in [-0.25, -0.2) is 4.79 Å². The fourth-order valence-corrected chi connectivity index (χ4v) is 2.98. The van der Waals surface area contributed by atoms with E-state index in [-0.39, 0.29) is 11.6 Å². The quantitative estimate of drug-likeness (QED) is 0.789. The lowest BCUT2D eigenvalue weighted by molar-refractivity contribution is 0.0693. The SMILES string of the molecule is COc1cc(OC)c(CN2C[C@@H](O)[C@H](N(C)C)C2)c(C(=O)O)c1. The first kappa shape index (κ1) is 17.5. The van der Waals surface area contributed by atoms with E-state index in [0.717, 1.165) is 0 Å². The van der Waals surface area contributed by atoms with Crippen molar-refractivity contribution < 1.29 is 24.5 Å². The average molecular weight is 324 g/mol. The zero-order valence-corrected chi connectivity index (χ0v) is 13.9. The molecule has 1 saturated heterocycles. The smallest absolute Gasteiger partial charge is 0.336 e. The minimum Gasteiger partial charge on any atom is -0.497 e. The maximum Gasteiger partial charge on any atom is 0.336 e. The lowest BCUT2D eigenvalue weighted by Crippen LogP contribution is -2.37. The molecule has 0 aliphatic carbocycles. The van der Waals surface area contributed by atoms with Crippen molar-refractivity contribution in [1.82, 2.24) is 9.80 Å². The van der Waals surface area contributed by atoms with Gasteiger partial charge in [0.2, 0.25) is 0 Å². The van der Waals surface area contributed by atoms with Gasteiger partial charge in [-0.05, 0) is 20.2 Å². The molecule has 1 aliphatic rings. The number of methoxy groups -OCH3 is 2. The first-order chi connectivity index (χ1) is 10.9. The molecule has 0 saturated carbocycles. The molecule has 128 valence electrons. The number of rotatable bonds is 6. The Labute approximate surface area is 136 Å². The van der Waals surface area contributed by atoms with Crippen molar-refractivity contribution >= 4 is 5.97 Å². The van der Waals surface area contributed by atoms with Gasteiger partial charge in [-0.3, -0.25) is 4.90 Å². The van der Waals surface area contributed by atoms with Crippen LogP contribution in [0.25, 0.3) is 0 Å². The highest BCUT2D eigenvalue weighted by Gasteiger charge is 2.33. The summed E-state index contributed by atoms with van der Waals surface area (Å²) in [5.41, 5.74) is 0.747. The van der Waals surface area contributed by atoms with Crippen molar-refractivity contribution in [2.45, 2.75) is 18.7 Å². The number of aromatic carboxylic acids is 1. The molecule has 1 aromatic rings. The second kappa shape index (κ2) is 7.16. The predicted molar refractivity (Wildman–Crippen MR) is 85.3 cm³/mol. The van der Waals surface area contributed by atoms with Gasteiger partial charge in [0.15, 0.2) is 0 Å². The molecule has 0 amide bonds. The van der Waals surface area contributed by atoms with Gasteiger partial charge >= 0.3 is 5.97 Å². The number of nitrogens with zero attached hydrogens (tertiary/aromatic N) is 2. The second-order valence-corrected chi connectivity index (χ2v) is 5.95. The first-order valence-corrected chi connectivity index (χ1v) is 7.42. The van der Waals surface area contributed by atoms with Crippen LogP contribution in [0.1, 0.15) is 15.9 Å². The van der Waals surface area contributed by atoms with E-state index in [0.29, 0.717) is 36.7 Å². The summed E-state index contributed by atoms with van der Waals surface area (Å²) in [6.07, 6.45) is -0.456. The fraction of sp³-hybridized carbons (Fsp3) is 0.562. The molecule has 0 radical (unpaired) electrons. The zero-order valence-electron chi connectivity index (χ0n) is 13.9. The van der Waals surface area contributed by atoms with Crippen molar-refractivity contribution in [1.29, 1.82) is 0 Å². The number of hydrogen-bond acceptors (Lipinski definition) is 6. The summed E-state index contributed by atoms with van der Waals surface area (Å²) in [7, 11) is 6.84. The highest BCUT2D eigenvalue weighted by molar-refractivity contribution is 5.91. The van der Waals surface area contributed by atoms with Gasteiger partial charge in [0.25, 0.3) is 0 Å². The summed E-state index contributed by atoms with van der Waals surface area (Å²) in [4.78, 5) is 15.6. The Morgan fingerprint density at radius 3 is 2.48 bits per heavy atom. The van der Waals surface area contributed by atoms with Crippen molar-refractivity contribution in [3.63, 3.8) is 0 Å². The molecule has 0 bridgehead atoms. The molecule has 2 N–H and O–H groups in total. The Morgan fingerprint density at radius 1 is 1.30 bits per heavy atom. The van der Waals surface area contributed by atoms with Crippen molar-refractivity contribution in [2.75, 3.05) is 41.4 Å². The minimum atomic E-state index is -1.03. The van der Waals surface area contributed by atoms with Gasteiger partial charge in [0, 0.05) is 37.3 Å². The van der Waals surface area contributed by atoms with E-state index < -0.39 is 12.1 Å². The minimum absolute atomic E-state index is 0.0347. The second-order valence-electron chi connectivity index (χ2n) is 5.95. The zero-order chi connectivity index (χ0) is 17.1. The van der Waals surface area contributed by atoms with Crippen LogP contribution < -0.4 is 9.47 Å². The summed E-state index contributed by atoms with van der Waals surface area (Å²) >= 11 is 0. The fourth-order valence-electron chi connectivity index (χ4n) is 2.98. The summed E-state index contributed by atoms with van der Waals surface area (Å²) < 4.78 is 10.5. The number of aliphatic hydroxyl groups is 1. The Hall–Kier alpha value is -1.83. The predicted octanol–water partition coefficient (Wildman–Crippen LogP) is 0.509. The monoisotopic (exact) mass is 324 g/mol. The van der Waals surface area contributed by atoms with Crippen molar-refractivity contribution in [3.05, 3.63) is 23.3 Å². The van der Waals surface area contributed by atoms with E-state index >= 15 is 0 Å². The van der Waals surface area contributed by atoms with Gasteiger partial charge in [-0.1, -0.05) is 0 Å². The number of ether oxygens (including phenoxy) is 2. The van der Waals surface area contributed by atoms with Crippen molar-refractivity contribution in [2.24, 2.45) is 0 Å². The molecule has 2 atom stereocenters. The van der Waals surface area contributed by atoms with Crippen LogP contribution in [0.2, 0.25) is 0 Å². The van der Waals surface area contributed by atoms with Crippen LogP contribution in [0.15, 0.2) is 12.1 Å². The van der Waals surface area contributed by atoms with Crippen LogP contribution >= 0.6 is 0 Å². The number of carboxylic acid groups (broad SMARTS) is 1. The van der Waals surface area contributed by atoms with E-state index in [1.807, 2.05) is 23.9 Å². The molecule has 1 aliphatic heterocycles. The number of β-amino-alcohol motifs (C(OH)–C–C–N with tert-alkyl or cyclic N) is 1. The molecular weight excluding hydrogens is 300 g/mol. The number of hydrogen-bond donors (Lipinski definition) is 2. The maximum atomic E-state index is 11.6. The average Bonchev–Trinajstić information content (AvgIpc) is 2.87. The molecule has 7 nitrogen and oxygen atoms in total. The van der Waals surface area contributed by atoms with Crippen molar-refractivity contribution in [3.8, 4) is 11.5 Å². The third-order valence-corrected chi connectivity index (χ3v) is 4.25. The Kier molecular flexibility index (Phi) is 5.46. The number of likely N-dealkylation sites (tertiary alicyclic amines) is 1. The highest BCUT2D eigenvalue weighted by Crippen LogP contribution is 2.31. The number of carbonyl (C=O) groups is 1. The highest BCUT2D eigenvalue weighted by atomic mass is 16.5. The van der Waals surface area contributed by atoms with Gasteiger partial charge in [-0.15, -0.1) is 0 Å². The number of likely N-dealkylation sites (N-methyl/N-ethyl adjacent to an activating group) is 1. The van der Waals surface area contributed by atoms with E-state index in [4.69, 9.17) is 9.47 Å². The van der Waals surface area contributed by atoms with Crippen LogP contribution in [-0.4, -0.2) is 79.5 Å². The summed E-state index contributed by atoms with van der Waals surface area (Å²) in [5, 5.41) is 19.6. The molecule has 2 rings (SSSR count). The standard InChI is InChI=1S/C16H24N2O5/c1-17(2)13-8-18(9-14(13)19)7-12-11(16(20)21)5-10(22-3)6-15(12)23-4/h5-6,13-14,19H,7-9H2,1-4H3,(H,20,21)/t13-,14-/m1/s1. The summed E-state index contributed by atoms with van der Waals surface area (Å²) in [6, 6.07) is 3.21. The molecule has 0 aromatic heterocycles. The Bertz CT molecular complexity index is 576. The first-order valence-electron chi connectivity index (χ1n) is 7.42. The van der Waals surface area contributed by atoms with E-state index in [1.54, 1.807) is 6.07 Å². The summed E-state index contributed by atoms with van der Waals surface area (Å²) in [6.45, 7) is 1.57. The third-order valence-electron chi connectivity index (χ3n) is 4.25. The van der Waals surface area contributed by atoms with E-state index in [2.05, 4.69) is 0 Å². The lowest BCUT2D eigenvalue weighted by atomic mass is 10.0. The molecule has 0 spiro atoms. The van der Waals surface area contributed by atoms with Crippen LogP contribution in [-0.2, 0) is 6.54 Å². The molecule has 0 unspecified atom stereocenters. The van der Waals surface area contributed by atoms with Crippen LogP contribution in [0.4, 0.5) is 0 Å². The molecule has 7 heteroatoms. The maximum absolute atomic E-state index is 11.6. The van der Waals surface area contributed by atoms with Gasteiger partial charge < -0.3 is 24.6 Å². The third kappa shape index (κ3) is 3.74. The van der Waals surface area contributed by atoms with Gasteiger partial charge in [0.1, 0.15) is 11.5 Å². The molecule has 1 fully saturated rings. The lowest BCUT2D eigenvalue weighted by Gasteiger charge is -2.22. The number of aliphatic hydroxyl groups excluding tert-OH is 1. The largest absolute Gasteiger partial charge is 0.497 e. The van der Waals surface area contributed by atoms with Gasteiger partial charge in [-0.2, -0.15) is 0 Å². The molecular formula is C16H24N2O5. The number of carboxylic acids is 1. The summed E-state index contributed by atoms with van der Waals surface area (Å²) in [5.74, 6) is -0.110. The van der Waals surface area contributed by atoms with Crippen LogP contribution in [0, 0.1) is 0 Å². The normalized spacial score (nSPS) is 21.7. The number of benzene rings is 1. The topological polar surface area (TPSA) is 82.5 Å². The molecule has 23 heavy (non-hydrogen) atoms. The van der Waals surface area contributed by atoms with E-state index in [9.17, 15) is 15.0 Å². The van der Waals surface area contributed by atoms with Crippen LogP contribution in [0.3, 0.4) is 0 Å². The van der Waals surface area contributed by atoms with Gasteiger partial charge in [0.05, 0.1) is 25.9 Å². The molecule has 1 heterocycles. The van der Waals surface area contributed by atoms with E-state index in [1.165, 1.54) is 20.3 Å². The Balaban J connectivity index is 2.30. The van der Waals surface area contributed by atoms with Crippen LogP contribution in [0.5, 0.6) is 11.5 Å².